The molecule has 4 heteroatoms. The van der Waals surface area contributed by atoms with Crippen LogP contribution in [0.3, 0.4) is 0 Å². The molecule has 0 rings (SSSR count). The topological polar surface area (TPSA) is 37.3 Å². The molecular formula is C11H21NNaO2+. The third-order valence-corrected chi connectivity index (χ3v) is 1.42. The van der Waals surface area contributed by atoms with E-state index < -0.39 is 5.97 Å². The Hall–Kier alpha value is -0.350. The van der Waals surface area contributed by atoms with Crippen molar-refractivity contribution in [3.63, 3.8) is 0 Å². The summed E-state index contributed by atoms with van der Waals surface area (Å²) in [7, 11) is 4.31. The normalized spacial score (nSPS) is 8.67. The van der Waals surface area contributed by atoms with Crippen molar-refractivity contribution in [1.82, 2.24) is 0 Å². The first-order chi connectivity index (χ1) is 6.39. The summed E-state index contributed by atoms with van der Waals surface area (Å²) in [5.74, 6) is -0.981. The number of carboxylic acids is 1. The third kappa shape index (κ3) is 19.9. The molecule has 0 unspecified atom stereocenters. The van der Waals surface area contributed by atoms with Crippen LogP contribution < -0.4 is 0 Å². The van der Waals surface area contributed by atoms with E-state index in [1.165, 1.54) is 0 Å². The average Bonchev–Trinajstić information content (AvgIpc) is 2.05. The Morgan fingerprint density at radius 3 is 1.60 bits per heavy atom. The molecule has 0 fully saturated rings. The van der Waals surface area contributed by atoms with Crippen LogP contribution in [0.15, 0.2) is 38.0 Å². The van der Waals surface area contributed by atoms with E-state index in [9.17, 15) is 4.79 Å². The molecule has 15 heavy (non-hydrogen) atoms. The van der Waals surface area contributed by atoms with E-state index in [-0.39, 0.29) is 29.6 Å². The molecule has 3 nitrogen and oxygen atoms in total. The molecule has 0 aliphatic heterocycles. The van der Waals surface area contributed by atoms with Gasteiger partial charge in [0.1, 0.15) is 0 Å². The molecule has 0 aromatic rings. The molecule has 0 saturated carbocycles. The fourth-order valence-corrected chi connectivity index (χ4v) is 0.774. The van der Waals surface area contributed by atoms with E-state index in [1.54, 1.807) is 0 Å². The summed E-state index contributed by atoms with van der Waals surface area (Å²) in [6.45, 7) is 12.3. The van der Waals surface area contributed by atoms with E-state index in [0.29, 0.717) is 0 Å². The molecule has 0 aromatic carbocycles. The number of quaternary nitrogens is 1. The van der Waals surface area contributed by atoms with Crippen LogP contribution >= 0.6 is 0 Å². The summed E-state index contributed by atoms with van der Waals surface area (Å²) in [6, 6.07) is 0. The molecule has 1 N–H and O–H groups in total. The summed E-state index contributed by atoms with van der Waals surface area (Å²) in [6.07, 6.45) is 4.70. The maximum absolute atomic E-state index is 9.25. The summed E-state index contributed by atoms with van der Waals surface area (Å²) in [5.41, 5.74) is 0. The van der Waals surface area contributed by atoms with Gasteiger partial charge in [-0.25, -0.2) is 4.79 Å². The van der Waals surface area contributed by atoms with Crippen LogP contribution in [-0.4, -0.2) is 72.3 Å². The SMILES string of the molecule is C=CC(=O)O.C=CC[N+](C)(C)CC=C.[NaH]. The predicted molar refractivity (Wildman–Crippen MR) is 67.2 cm³/mol. The van der Waals surface area contributed by atoms with Crippen molar-refractivity contribution in [2.45, 2.75) is 0 Å². The van der Waals surface area contributed by atoms with Crippen molar-refractivity contribution in [3.8, 4) is 0 Å². The van der Waals surface area contributed by atoms with Gasteiger partial charge in [0, 0.05) is 6.08 Å². The predicted octanol–water partition coefficient (Wildman–Crippen LogP) is 1.04. The molecule has 0 aliphatic rings. The van der Waals surface area contributed by atoms with E-state index >= 15 is 0 Å². The van der Waals surface area contributed by atoms with Crippen LogP contribution in [-0.2, 0) is 4.79 Å². The molecule has 0 aliphatic carbocycles. The Morgan fingerprint density at radius 2 is 1.47 bits per heavy atom. The van der Waals surface area contributed by atoms with E-state index in [4.69, 9.17) is 5.11 Å². The van der Waals surface area contributed by atoms with Crippen molar-refractivity contribution in [1.29, 1.82) is 0 Å². The van der Waals surface area contributed by atoms with Gasteiger partial charge in [-0.1, -0.05) is 19.7 Å². The summed E-state index contributed by atoms with van der Waals surface area (Å²) in [5, 5.41) is 7.60. The second-order valence-electron chi connectivity index (χ2n) is 3.42. The molecule has 0 amide bonds. The van der Waals surface area contributed by atoms with Crippen molar-refractivity contribution in [2.75, 3.05) is 27.2 Å². The standard InChI is InChI=1S/C8H16N.C3H4O2.Na.H/c1-5-7-9(3,4)8-6-2;1-2-3(4)5;;/h5-6H,1-2,7-8H2,3-4H3;2H,1H2,(H,4,5);;/q+1;;;. The van der Waals surface area contributed by atoms with Crippen molar-refractivity contribution in [2.24, 2.45) is 0 Å². The van der Waals surface area contributed by atoms with Gasteiger partial charge in [-0.3, -0.25) is 0 Å². The van der Waals surface area contributed by atoms with Gasteiger partial charge in [0.25, 0.3) is 0 Å². The number of aliphatic carboxylic acids is 1. The molecule has 0 atom stereocenters. The van der Waals surface area contributed by atoms with Crippen LogP contribution in [0.1, 0.15) is 0 Å². The molecule has 0 aromatic heterocycles. The quantitative estimate of drug-likeness (QED) is 0.327. The van der Waals surface area contributed by atoms with Crippen molar-refractivity contribution in [3.05, 3.63) is 38.0 Å². The average molecular weight is 222 g/mol. The van der Waals surface area contributed by atoms with Gasteiger partial charge in [0.05, 0.1) is 27.2 Å². The zero-order valence-electron chi connectivity index (χ0n) is 9.07. The first-order valence-electron chi connectivity index (χ1n) is 4.28. The van der Waals surface area contributed by atoms with Crippen LogP contribution in [0.4, 0.5) is 0 Å². The van der Waals surface area contributed by atoms with Gasteiger partial charge in [-0.15, -0.1) is 0 Å². The van der Waals surface area contributed by atoms with Gasteiger partial charge < -0.3 is 9.59 Å². The van der Waals surface area contributed by atoms with Gasteiger partial charge in [-0.05, 0) is 12.2 Å². The number of carboxylic acid groups (broad SMARTS) is 1. The van der Waals surface area contributed by atoms with Crippen LogP contribution in [0.2, 0.25) is 0 Å². The monoisotopic (exact) mass is 222 g/mol. The Morgan fingerprint density at radius 1 is 1.20 bits per heavy atom. The fraction of sp³-hybridized carbons (Fsp3) is 0.364. The molecule has 0 saturated heterocycles. The minimum absolute atomic E-state index is 0. The summed E-state index contributed by atoms with van der Waals surface area (Å²) < 4.78 is 0.951. The van der Waals surface area contributed by atoms with Gasteiger partial charge in [0.15, 0.2) is 0 Å². The zero-order valence-corrected chi connectivity index (χ0v) is 9.07. The second-order valence-corrected chi connectivity index (χ2v) is 3.42. The first-order valence-corrected chi connectivity index (χ1v) is 4.28. The number of nitrogens with zero attached hydrogens (tertiary/aromatic N) is 1. The Labute approximate surface area is 115 Å². The van der Waals surface area contributed by atoms with E-state index in [1.807, 2.05) is 12.2 Å². The van der Waals surface area contributed by atoms with Gasteiger partial charge in [0.2, 0.25) is 0 Å². The van der Waals surface area contributed by atoms with E-state index in [2.05, 4.69) is 33.8 Å². The van der Waals surface area contributed by atoms with Gasteiger partial charge >= 0.3 is 35.5 Å². The first kappa shape index (κ1) is 20.1. The second kappa shape index (κ2) is 11.7. The number of hydrogen-bond acceptors (Lipinski definition) is 1. The van der Waals surface area contributed by atoms with Crippen LogP contribution in [0, 0.1) is 0 Å². The Bertz CT molecular complexity index is 201. The van der Waals surface area contributed by atoms with Crippen LogP contribution in [0.5, 0.6) is 0 Å². The number of rotatable bonds is 5. The Balaban J connectivity index is -0.000000208. The molecule has 0 radical (unpaired) electrons. The number of hydrogen-bond donors (Lipinski definition) is 1. The summed E-state index contributed by atoms with van der Waals surface area (Å²) >= 11 is 0. The summed E-state index contributed by atoms with van der Waals surface area (Å²) in [4.78, 5) is 9.25. The van der Waals surface area contributed by atoms with E-state index in [0.717, 1.165) is 23.6 Å². The fourth-order valence-electron chi connectivity index (χ4n) is 0.774. The maximum atomic E-state index is 9.25. The minimum atomic E-state index is -0.981. The Kier molecular flexibility index (Phi) is 15.7. The van der Waals surface area contributed by atoms with Crippen molar-refractivity contribution >= 4 is 35.5 Å². The number of carbonyl (C=O) groups is 1. The molecule has 82 valence electrons. The molecular weight excluding hydrogens is 201 g/mol. The van der Waals surface area contributed by atoms with Crippen molar-refractivity contribution < 1.29 is 14.4 Å². The van der Waals surface area contributed by atoms with Gasteiger partial charge in [-0.2, -0.15) is 0 Å². The molecule has 0 heterocycles. The number of likely N-dealkylation sites (N-methyl/N-ethyl adjacent to an activating group) is 1. The molecule has 0 spiro atoms. The van der Waals surface area contributed by atoms with Crippen LogP contribution in [0.25, 0.3) is 0 Å². The molecule has 0 bridgehead atoms. The third-order valence-electron chi connectivity index (χ3n) is 1.42. The zero-order chi connectivity index (χ0) is 11.6.